The highest BCUT2D eigenvalue weighted by molar-refractivity contribution is 5.90. The molecule has 0 atom stereocenters. The Labute approximate surface area is 193 Å². The topological polar surface area (TPSA) is 107 Å². The quantitative estimate of drug-likeness (QED) is 0.375. The lowest BCUT2D eigenvalue weighted by molar-refractivity contribution is 0.230. The first-order valence-electron chi connectivity index (χ1n) is 10.6. The lowest BCUT2D eigenvalue weighted by Gasteiger charge is -2.09. The zero-order valence-corrected chi connectivity index (χ0v) is 18.5. The number of aromatic nitrogens is 4. The predicted octanol–water partition coefficient (Wildman–Crippen LogP) is 4.29. The van der Waals surface area contributed by atoms with Crippen molar-refractivity contribution in [1.29, 1.82) is 0 Å². The molecule has 2 aromatic heterocycles. The van der Waals surface area contributed by atoms with Crippen molar-refractivity contribution in [2.24, 2.45) is 0 Å². The van der Waals surface area contributed by atoms with Crippen molar-refractivity contribution >= 4 is 33.8 Å². The number of benzene rings is 3. The number of carbonyl (C=O) groups excluding carboxylic acids is 1. The highest BCUT2D eigenvalue weighted by atomic mass is 19.1. The van der Waals surface area contributed by atoms with Crippen LogP contribution in [0.25, 0.3) is 32.9 Å². The van der Waals surface area contributed by atoms with E-state index in [2.05, 4.69) is 25.5 Å². The molecule has 34 heavy (non-hydrogen) atoms. The molecule has 2 amide bonds. The number of halogens is 1. The van der Waals surface area contributed by atoms with E-state index in [1.807, 2.05) is 12.1 Å². The van der Waals surface area contributed by atoms with Crippen LogP contribution < -0.4 is 10.9 Å². The van der Waals surface area contributed by atoms with E-state index in [0.29, 0.717) is 40.1 Å². The molecule has 0 bridgehead atoms. The number of rotatable bonds is 4. The Morgan fingerprint density at radius 1 is 1.06 bits per heavy atom. The Hall–Kier alpha value is -4.53. The summed E-state index contributed by atoms with van der Waals surface area (Å²) in [5.74, 6) is -0.0462. The van der Waals surface area contributed by atoms with E-state index in [4.69, 9.17) is 0 Å². The average Bonchev–Trinajstić information content (AvgIpc) is 3.23. The summed E-state index contributed by atoms with van der Waals surface area (Å²) in [5.41, 5.74) is 3.72. The Morgan fingerprint density at radius 3 is 2.65 bits per heavy atom. The summed E-state index contributed by atoms with van der Waals surface area (Å²) in [7, 11) is 3.27. The van der Waals surface area contributed by atoms with Crippen LogP contribution in [0.5, 0.6) is 0 Å². The van der Waals surface area contributed by atoms with Gasteiger partial charge in [0.05, 0.1) is 22.1 Å². The zero-order valence-electron chi connectivity index (χ0n) is 18.5. The van der Waals surface area contributed by atoms with Gasteiger partial charge in [0, 0.05) is 31.5 Å². The molecular formula is C25H21FN6O2. The minimum absolute atomic E-state index is 0.243. The van der Waals surface area contributed by atoms with Crippen LogP contribution in [0.4, 0.5) is 15.1 Å². The smallest absolute Gasteiger partial charge is 0.323 e. The standard InChI is InChI=1S/C25H21FN6O2/c1-32(2)25(34)29-24-27-20-10-8-15(13-22(20)28-24)18-11-14(7-9-19(18)26)12-21-16-5-3-4-6-17(16)23(33)31-30-21/h3-11,13H,12H2,1-2H3,(H,31,33)(H2,27,28,29,34). The van der Waals surface area contributed by atoms with Gasteiger partial charge in [-0.3, -0.25) is 10.1 Å². The lowest BCUT2D eigenvalue weighted by Crippen LogP contribution is -2.27. The molecule has 8 nitrogen and oxygen atoms in total. The number of nitrogens with one attached hydrogen (secondary N) is 3. The molecule has 0 aliphatic carbocycles. The number of carbonyl (C=O) groups is 1. The van der Waals surface area contributed by atoms with E-state index >= 15 is 0 Å². The molecule has 0 spiro atoms. The molecule has 170 valence electrons. The van der Waals surface area contributed by atoms with Crippen molar-refractivity contribution < 1.29 is 9.18 Å². The van der Waals surface area contributed by atoms with Crippen molar-refractivity contribution in [2.45, 2.75) is 6.42 Å². The Bertz CT molecular complexity index is 1600. The van der Waals surface area contributed by atoms with Crippen LogP contribution in [0, 0.1) is 5.82 Å². The van der Waals surface area contributed by atoms with Gasteiger partial charge in [0.15, 0.2) is 0 Å². The molecule has 0 saturated carbocycles. The summed E-state index contributed by atoms with van der Waals surface area (Å²) >= 11 is 0. The number of anilines is 1. The molecule has 0 radical (unpaired) electrons. The summed E-state index contributed by atoms with van der Waals surface area (Å²) in [6.07, 6.45) is 0.427. The van der Waals surface area contributed by atoms with Crippen molar-refractivity contribution in [3.8, 4) is 11.1 Å². The third-order valence-electron chi connectivity index (χ3n) is 5.60. The predicted molar refractivity (Wildman–Crippen MR) is 129 cm³/mol. The second kappa shape index (κ2) is 8.43. The second-order valence-electron chi connectivity index (χ2n) is 8.18. The summed E-state index contributed by atoms with van der Waals surface area (Å²) in [6.45, 7) is 0. The van der Waals surface area contributed by atoms with Gasteiger partial charge in [-0.05, 0) is 41.5 Å². The molecule has 0 unspecified atom stereocenters. The lowest BCUT2D eigenvalue weighted by atomic mass is 9.98. The van der Waals surface area contributed by atoms with Gasteiger partial charge in [-0.15, -0.1) is 0 Å². The third-order valence-corrected chi connectivity index (χ3v) is 5.60. The highest BCUT2D eigenvalue weighted by Crippen LogP contribution is 2.28. The number of hydrogen-bond donors (Lipinski definition) is 3. The van der Waals surface area contributed by atoms with Crippen molar-refractivity contribution in [3.63, 3.8) is 0 Å². The molecular weight excluding hydrogens is 435 g/mol. The third kappa shape index (κ3) is 3.99. The summed E-state index contributed by atoms with van der Waals surface area (Å²) in [4.78, 5) is 32.8. The van der Waals surface area contributed by atoms with Crippen LogP contribution in [0.1, 0.15) is 11.3 Å². The summed E-state index contributed by atoms with van der Waals surface area (Å²) in [5, 5.41) is 10.8. The van der Waals surface area contributed by atoms with Crippen LogP contribution >= 0.6 is 0 Å². The van der Waals surface area contributed by atoms with E-state index in [9.17, 15) is 14.0 Å². The maximum atomic E-state index is 14.8. The van der Waals surface area contributed by atoms with E-state index in [0.717, 1.165) is 16.5 Å². The first-order valence-corrected chi connectivity index (χ1v) is 10.6. The number of amides is 2. The van der Waals surface area contributed by atoms with Gasteiger partial charge in [0.1, 0.15) is 5.82 Å². The number of hydrogen-bond acceptors (Lipinski definition) is 4. The molecule has 9 heteroatoms. The minimum atomic E-state index is -0.362. The van der Waals surface area contributed by atoms with Crippen LogP contribution in [-0.4, -0.2) is 45.2 Å². The molecule has 5 rings (SSSR count). The van der Waals surface area contributed by atoms with E-state index < -0.39 is 0 Å². The summed E-state index contributed by atoms with van der Waals surface area (Å²) < 4.78 is 14.8. The molecule has 5 aromatic rings. The van der Waals surface area contributed by atoms with Gasteiger partial charge >= 0.3 is 6.03 Å². The molecule has 2 heterocycles. The SMILES string of the molecule is CN(C)C(=O)Nc1nc2cc(-c3cc(Cc4n[nH]c(=O)c5ccccc45)ccc3F)ccc2[nH]1. The average molecular weight is 456 g/mol. The van der Waals surface area contributed by atoms with E-state index in [1.54, 1.807) is 56.6 Å². The van der Waals surface area contributed by atoms with Crippen LogP contribution in [0.2, 0.25) is 0 Å². The number of aromatic amines is 2. The normalized spacial score (nSPS) is 11.1. The fourth-order valence-electron chi connectivity index (χ4n) is 3.85. The molecule has 3 N–H and O–H groups in total. The molecule has 0 aliphatic heterocycles. The fraction of sp³-hybridized carbons (Fsp3) is 0.120. The Balaban J connectivity index is 1.49. The van der Waals surface area contributed by atoms with Crippen molar-refractivity contribution in [2.75, 3.05) is 19.4 Å². The molecule has 3 aromatic carbocycles. The first-order chi connectivity index (χ1) is 16.4. The largest absolute Gasteiger partial charge is 0.331 e. The van der Waals surface area contributed by atoms with Gasteiger partial charge < -0.3 is 9.88 Å². The van der Waals surface area contributed by atoms with E-state index in [1.165, 1.54) is 11.0 Å². The Kier molecular flexibility index (Phi) is 5.29. The number of H-pyrrole nitrogens is 2. The Morgan fingerprint density at radius 2 is 1.85 bits per heavy atom. The van der Waals surface area contributed by atoms with Crippen molar-refractivity contribution in [1.82, 2.24) is 25.1 Å². The highest BCUT2D eigenvalue weighted by Gasteiger charge is 2.13. The number of fused-ring (bicyclic) bond motifs is 2. The summed E-state index contributed by atoms with van der Waals surface area (Å²) in [6, 6.07) is 17.3. The van der Waals surface area contributed by atoms with Gasteiger partial charge in [-0.1, -0.05) is 30.3 Å². The number of nitrogens with zero attached hydrogens (tertiary/aromatic N) is 3. The van der Waals surface area contributed by atoms with Gasteiger partial charge in [0.25, 0.3) is 5.56 Å². The van der Waals surface area contributed by atoms with Gasteiger partial charge in [0.2, 0.25) is 5.95 Å². The second-order valence-corrected chi connectivity index (χ2v) is 8.18. The maximum Gasteiger partial charge on any atom is 0.323 e. The first kappa shape index (κ1) is 21.3. The fourth-order valence-corrected chi connectivity index (χ4v) is 3.85. The maximum absolute atomic E-state index is 14.8. The van der Waals surface area contributed by atoms with Crippen LogP contribution in [0.3, 0.4) is 0 Å². The van der Waals surface area contributed by atoms with E-state index in [-0.39, 0.29) is 17.4 Å². The zero-order chi connectivity index (χ0) is 23.8. The minimum Gasteiger partial charge on any atom is -0.331 e. The van der Waals surface area contributed by atoms with Crippen LogP contribution in [-0.2, 0) is 6.42 Å². The molecule has 0 fully saturated rings. The van der Waals surface area contributed by atoms with Crippen molar-refractivity contribution in [3.05, 3.63) is 88.1 Å². The molecule has 0 aliphatic rings. The van der Waals surface area contributed by atoms with Crippen LogP contribution in [0.15, 0.2) is 65.5 Å². The van der Waals surface area contributed by atoms with Gasteiger partial charge in [-0.2, -0.15) is 5.10 Å². The number of imidazole rings is 1. The molecule has 0 saturated heterocycles. The number of urea groups is 1. The van der Waals surface area contributed by atoms with Gasteiger partial charge in [-0.25, -0.2) is 19.3 Å². The monoisotopic (exact) mass is 456 g/mol.